The second kappa shape index (κ2) is 8.00. The van der Waals surface area contributed by atoms with Gasteiger partial charge in [0.1, 0.15) is 0 Å². The van der Waals surface area contributed by atoms with Gasteiger partial charge in [0, 0.05) is 39.2 Å². The third-order valence-corrected chi connectivity index (χ3v) is 7.29. The number of carbonyl (C=O) groups is 1. The number of hydrogen-bond acceptors (Lipinski definition) is 1. The number of aryl methyl sites for hydroxylation is 2. The Hall–Kier alpha value is -3.63. The summed E-state index contributed by atoms with van der Waals surface area (Å²) in [6.07, 6.45) is 0. The summed E-state index contributed by atoms with van der Waals surface area (Å²) in [6, 6.07) is 32.9. The van der Waals surface area contributed by atoms with Gasteiger partial charge in [0.2, 0.25) is 0 Å². The molecule has 1 aliphatic heterocycles. The van der Waals surface area contributed by atoms with E-state index in [1.165, 1.54) is 5.56 Å². The van der Waals surface area contributed by atoms with Crippen LogP contribution in [-0.4, -0.2) is 10.5 Å². The van der Waals surface area contributed by atoms with Crippen molar-refractivity contribution in [3.8, 4) is 11.3 Å². The van der Waals surface area contributed by atoms with Crippen molar-refractivity contribution in [2.75, 3.05) is 4.90 Å². The van der Waals surface area contributed by atoms with Crippen molar-refractivity contribution in [2.45, 2.75) is 13.0 Å². The van der Waals surface area contributed by atoms with E-state index in [1.54, 1.807) is 0 Å². The zero-order chi connectivity index (χ0) is 23.4. The van der Waals surface area contributed by atoms with Crippen LogP contribution in [0.3, 0.4) is 0 Å². The van der Waals surface area contributed by atoms with Crippen molar-refractivity contribution in [1.29, 1.82) is 0 Å². The van der Waals surface area contributed by atoms with E-state index in [0.29, 0.717) is 0 Å². The molecule has 0 saturated carbocycles. The molecule has 3 nitrogen and oxygen atoms in total. The highest BCUT2D eigenvalue weighted by atomic mass is 79.9. The lowest BCUT2D eigenvalue weighted by Gasteiger charge is -2.27. The van der Waals surface area contributed by atoms with Crippen molar-refractivity contribution in [1.82, 2.24) is 4.57 Å². The highest BCUT2D eigenvalue weighted by molar-refractivity contribution is 9.10. The van der Waals surface area contributed by atoms with Gasteiger partial charge in [0.15, 0.2) is 0 Å². The molecule has 1 aromatic heterocycles. The average Bonchev–Trinajstić information content (AvgIpc) is 3.31. The van der Waals surface area contributed by atoms with E-state index in [0.717, 1.165) is 49.0 Å². The molecule has 1 atom stereocenters. The van der Waals surface area contributed by atoms with Crippen molar-refractivity contribution in [3.05, 3.63) is 124 Å². The van der Waals surface area contributed by atoms with E-state index >= 15 is 0 Å². The summed E-state index contributed by atoms with van der Waals surface area (Å²) in [7, 11) is 2.12. The van der Waals surface area contributed by atoms with Crippen LogP contribution in [0.15, 0.2) is 102 Å². The van der Waals surface area contributed by atoms with Crippen LogP contribution in [0.5, 0.6) is 0 Å². The van der Waals surface area contributed by atoms with Gasteiger partial charge >= 0.3 is 0 Å². The fourth-order valence-electron chi connectivity index (χ4n) is 5.25. The first-order valence-electron chi connectivity index (χ1n) is 11.4. The molecule has 0 spiro atoms. The first kappa shape index (κ1) is 20.9. The molecule has 1 unspecified atom stereocenters. The summed E-state index contributed by atoms with van der Waals surface area (Å²) in [5.41, 5.74) is 8.48. The molecule has 0 fully saturated rings. The Labute approximate surface area is 207 Å². The van der Waals surface area contributed by atoms with Crippen molar-refractivity contribution in [3.63, 3.8) is 0 Å². The van der Waals surface area contributed by atoms with E-state index in [9.17, 15) is 4.79 Å². The van der Waals surface area contributed by atoms with Crippen molar-refractivity contribution >= 4 is 38.4 Å². The molecule has 0 bridgehead atoms. The van der Waals surface area contributed by atoms with Crippen LogP contribution in [-0.2, 0) is 7.05 Å². The smallest absolute Gasteiger partial charge is 0.259 e. The third kappa shape index (κ3) is 3.13. The van der Waals surface area contributed by atoms with E-state index in [4.69, 9.17) is 0 Å². The Bertz CT molecular complexity index is 1570. The average molecular weight is 507 g/mol. The van der Waals surface area contributed by atoms with Gasteiger partial charge in [-0.1, -0.05) is 88.2 Å². The molecule has 0 saturated heterocycles. The second-order valence-electron chi connectivity index (χ2n) is 8.85. The Morgan fingerprint density at radius 1 is 0.824 bits per heavy atom. The van der Waals surface area contributed by atoms with Crippen LogP contribution < -0.4 is 4.90 Å². The molecular weight excluding hydrogens is 484 g/mol. The largest absolute Gasteiger partial charge is 0.343 e. The summed E-state index contributed by atoms with van der Waals surface area (Å²) >= 11 is 3.60. The number of hydrogen-bond donors (Lipinski definition) is 0. The minimum absolute atomic E-state index is 0.0292. The van der Waals surface area contributed by atoms with Gasteiger partial charge in [-0.05, 0) is 48.4 Å². The number of nitrogens with zero attached hydrogens (tertiary/aromatic N) is 2. The maximum Gasteiger partial charge on any atom is 0.259 e. The number of fused-ring (bicyclic) bond motifs is 2. The van der Waals surface area contributed by atoms with Gasteiger partial charge in [-0.2, -0.15) is 0 Å². The molecule has 1 aliphatic rings. The zero-order valence-electron chi connectivity index (χ0n) is 19.0. The summed E-state index contributed by atoms with van der Waals surface area (Å²) in [5, 5.41) is 1.16. The topological polar surface area (TPSA) is 25.2 Å². The lowest BCUT2D eigenvalue weighted by atomic mass is 9.92. The maximum absolute atomic E-state index is 13.8. The molecule has 0 N–H and O–H groups in total. The standard InChI is InChI=1S/C30H23BrN2O/c1-19-14-16-20(17-15-19)28-27(25-12-5-6-13-26(25)32(28)2)29-23-10-3-4-11-24(23)30(34)33(29)22-9-7-8-21(31)18-22/h3-18,29H,1-2H3. The van der Waals surface area contributed by atoms with E-state index in [2.05, 4.69) is 89.1 Å². The molecule has 0 radical (unpaired) electrons. The highest BCUT2D eigenvalue weighted by Gasteiger charge is 2.41. The van der Waals surface area contributed by atoms with Gasteiger partial charge in [-0.3, -0.25) is 9.69 Å². The predicted molar refractivity (Wildman–Crippen MR) is 142 cm³/mol. The molecule has 34 heavy (non-hydrogen) atoms. The SMILES string of the molecule is Cc1ccc(-c2c(C3c4ccccc4C(=O)N3c3cccc(Br)c3)c3ccccc3n2C)cc1. The van der Waals surface area contributed by atoms with Gasteiger partial charge in [0.05, 0.1) is 11.7 Å². The number of halogens is 1. The lowest BCUT2D eigenvalue weighted by molar-refractivity contribution is 0.0993. The van der Waals surface area contributed by atoms with Crippen LogP contribution in [0, 0.1) is 6.92 Å². The Morgan fingerprint density at radius 2 is 1.56 bits per heavy atom. The Balaban J connectivity index is 1.70. The van der Waals surface area contributed by atoms with Gasteiger partial charge in [-0.15, -0.1) is 0 Å². The third-order valence-electron chi connectivity index (χ3n) is 6.79. The van der Waals surface area contributed by atoms with E-state index in [-0.39, 0.29) is 11.9 Å². The summed E-state index contributed by atoms with van der Waals surface area (Å²) in [6.45, 7) is 2.10. The number of rotatable bonds is 3. The Morgan fingerprint density at radius 3 is 2.35 bits per heavy atom. The number of benzene rings is 4. The highest BCUT2D eigenvalue weighted by Crippen LogP contribution is 2.48. The van der Waals surface area contributed by atoms with Crippen LogP contribution in [0.1, 0.15) is 33.1 Å². The Kier molecular flexibility index (Phi) is 4.93. The van der Waals surface area contributed by atoms with Crippen LogP contribution in [0.4, 0.5) is 5.69 Å². The molecule has 0 aliphatic carbocycles. The normalized spacial score (nSPS) is 15.2. The minimum Gasteiger partial charge on any atom is -0.343 e. The fourth-order valence-corrected chi connectivity index (χ4v) is 5.64. The molecule has 4 aromatic carbocycles. The maximum atomic E-state index is 13.8. The lowest BCUT2D eigenvalue weighted by Crippen LogP contribution is -2.28. The minimum atomic E-state index is -0.236. The molecular formula is C30H23BrN2O. The second-order valence-corrected chi connectivity index (χ2v) is 9.76. The zero-order valence-corrected chi connectivity index (χ0v) is 20.6. The molecule has 1 amide bonds. The van der Waals surface area contributed by atoms with E-state index < -0.39 is 0 Å². The van der Waals surface area contributed by atoms with Crippen LogP contribution in [0.2, 0.25) is 0 Å². The number of carbonyl (C=O) groups excluding carboxylic acids is 1. The number of para-hydroxylation sites is 1. The summed E-state index contributed by atoms with van der Waals surface area (Å²) in [4.78, 5) is 15.8. The molecule has 6 rings (SSSR count). The van der Waals surface area contributed by atoms with Crippen LogP contribution in [0.25, 0.3) is 22.2 Å². The number of amides is 1. The monoisotopic (exact) mass is 506 g/mol. The van der Waals surface area contributed by atoms with Gasteiger partial charge in [-0.25, -0.2) is 0 Å². The number of aromatic nitrogens is 1. The van der Waals surface area contributed by atoms with E-state index in [1.807, 2.05) is 47.4 Å². The fraction of sp³-hybridized carbons (Fsp3) is 0.100. The molecule has 4 heteroatoms. The molecule has 166 valence electrons. The van der Waals surface area contributed by atoms with Crippen molar-refractivity contribution in [2.24, 2.45) is 7.05 Å². The van der Waals surface area contributed by atoms with Crippen molar-refractivity contribution < 1.29 is 4.79 Å². The molecule has 2 heterocycles. The van der Waals surface area contributed by atoms with Crippen LogP contribution >= 0.6 is 15.9 Å². The first-order chi connectivity index (χ1) is 16.5. The first-order valence-corrected chi connectivity index (χ1v) is 12.2. The van der Waals surface area contributed by atoms with Gasteiger partial charge in [0.25, 0.3) is 5.91 Å². The quantitative estimate of drug-likeness (QED) is 0.246. The number of anilines is 1. The predicted octanol–water partition coefficient (Wildman–Crippen LogP) is 7.67. The summed E-state index contributed by atoms with van der Waals surface area (Å²) < 4.78 is 3.21. The molecule has 5 aromatic rings. The summed E-state index contributed by atoms with van der Waals surface area (Å²) in [5.74, 6) is 0.0292. The van der Waals surface area contributed by atoms with Gasteiger partial charge < -0.3 is 4.57 Å².